The van der Waals surface area contributed by atoms with Crippen molar-refractivity contribution < 1.29 is 17.9 Å². The number of benzene rings is 2. The average molecular weight is 395 g/mol. The third-order valence-corrected chi connectivity index (χ3v) is 6.45. The van der Waals surface area contributed by atoms with Crippen LogP contribution in [0.1, 0.15) is 15.9 Å². The lowest BCUT2D eigenvalue weighted by Gasteiger charge is -2.15. The summed E-state index contributed by atoms with van der Waals surface area (Å²) in [7, 11) is -0.913. The summed E-state index contributed by atoms with van der Waals surface area (Å²) >= 11 is 6.00. The van der Waals surface area contributed by atoms with Crippen molar-refractivity contribution in [3.05, 3.63) is 58.6 Å². The van der Waals surface area contributed by atoms with E-state index in [1.165, 1.54) is 32.3 Å². The Labute approximate surface area is 157 Å². The number of fused-ring (bicyclic) bond motifs is 1. The highest BCUT2D eigenvalue weighted by molar-refractivity contribution is 7.89. The third-order valence-electron chi connectivity index (χ3n) is 4.16. The fraction of sp³-hybridized carbons (Fsp3) is 0.278. The highest BCUT2D eigenvalue weighted by atomic mass is 35.5. The van der Waals surface area contributed by atoms with Crippen LogP contribution in [0.3, 0.4) is 0 Å². The molecule has 0 spiro atoms. The second-order valence-electron chi connectivity index (χ2n) is 6.19. The molecule has 1 atom stereocenters. The van der Waals surface area contributed by atoms with E-state index in [1.807, 2.05) is 24.3 Å². The summed E-state index contributed by atoms with van der Waals surface area (Å²) in [6.45, 7) is 0.325. The molecule has 0 aliphatic carbocycles. The number of ether oxygens (including phenoxy) is 1. The van der Waals surface area contributed by atoms with Crippen molar-refractivity contribution in [1.29, 1.82) is 0 Å². The Morgan fingerprint density at radius 1 is 1.27 bits per heavy atom. The molecule has 0 bridgehead atoms. The van der Waals surface area contributed by atoms with Crippen molar-refractivity contribution in [2.45, 2.75) is 17.4 Å². The summed E-state index contributed by atoms with van der Waals surface area (Å²) in [4.78, 5) is 12.3. The number of carbonyl (C=O) groups excluding carboxylic acids is 1. The van der Waals surface area contributed by atoms with Crippen LogP contribution in [0.15, 0.2) is 47.4 Å². The molecule has 0 radical (unpaired) electrons. The fourth-order valence-corrected chi connectivity index (χ4v) is 4.11. The maximum Gasteiger partial charge on any atom is 0.251 e. The summed E-state index contributed by atoms with van der Waals surface area (Å²) in [6.07, 6.45) is 0.575. The van der Waals surface area contributed by atoms with Crippen LogP contribution in [0.5, 0.6) is 5.75 Å². The van der Waals surface area contributed by atoms with Gasteiger partial charge < -0.3 is 10.1 Å². The predicted molar refractivity (Wildman–Crippen MR) is 99.2 cm³/mol. The molecule has 8 heteroatoms. The lowest BCUT2D eigenvalue weighted by atomic mass is 10.1. The summed E-state index contributed by atoms with van der Waals surface area (Å²) in [6, 6.07) is 11.9. The van der Waals surface area contributed by atoms with Crippen molar-refractivity contribution >= 4 is 27.5 Å². The van der Waals surface area contributed by atoms with Crippen molar-refractivity contribution in [3.8, 4) is 5.75 Å². The van der Waals surface area contributed by atoms with Gasteiger partial charge in [-0.05, 0) is 29.8 Å². The van der Waals surface area contributed by atoms with E-state index in [4.69, 9.17) is 16.3 Å². The number of hydrogen-bond acceptors (Lipinski definition) is 4. The van der Waals surface area contributed by atoms with Crippen LogP contribution in [0.25, 0.3) is 0 Å². The Morgan fingerprint density at radius 2 is 2.00 bits per heavy atom. The van der Waals surface area contributed by atoms with E-state index >= 15 is 0 Å². The summed E-state index contributed by atoms with van der Waals surface area (Å²) in [5.41, 5.74) is 1.34. The van der Waals surface area contributed by atoms with E-state index in [0.29, 0.717) is 6.54 Å². The number of nitrogens with one attached hydrogen (secondary N) is 1. The SMILES string of the molecule is CN(C)S(=O)(=O)c1cc(C(=O)NCC2Cc3ccccc3O2)ccc1Cl. The standard InChI is InChI=1S/C18H19ClN2O4S/c1-21(2)26(23,24)17-10-13(7-8-15(17)19)18(22)20-11-14-9-12-5-3-4-6-16(12)25-14/h3-8,10,14H,9,11H2,1-2H3,(H,20,22). The molecule has 1 unspecified atom stereocenters. The first-order valence-corrected chi connectivity index (χ1v) is 9.85. The largest absolute Gasteiger partial charge is 0.488 e. The maximum absolute atomic E-state index is 12.4. The Balaban J connectivity index is 1.70. The van der Waals surface area contributed by atoms with Crippen molar-refractivity contribution in [1.82, 2.24) is 9.62 Å². The van der Waals surface area contributed by atoms with Crippen LogP contribution in [-0.2, 0) is 16.4 Å². The van der Waals surface area contributed by atoms with Crippen molar-refractivity contribution in [3.63, 3.8) is 0 Å². The zero-order chi connectivity index (χ0) is 18.9. The minimum Gasteiger partial charge on any atom is -0.488 e. The van der Waals surface area contributed by atoms with Crippen LogP contribution >= 0.6 is 11.6 Å². The molecule has 1 N–H and O–H groups in total. The van der Waals surface area contributed by atoms with E-state index < -0.39 is 10.0 Å². The van der Waals surface area contributed by atoms with Gasteiger partial charge in [-0.25, -0.2) is 12.7 Å². The minimum atomic E-state index is -3.73. The Kier molecular flexibility index (Phi) is 5.22. The van der Waals surface area contributed by atoms with Gasteiger partial charge in [-0.1, -0.05) is 29.8 Å². The Bertz CT molecular complexity index is 919. The van der Waals surface area contributed by atoms with Gasteiger partial charge in [0, 0.05) is 26.1 Å². The van der Waals surface area contributed by atoms with Gasteiger partial charge in [-0.2, -0.15) is 0 Å². The van der Waals surface area contributed by atoms with Gasteiger partial charge in [0.2, 0.25) is 10.0 Å². The number of rotatable bonds is 5. The zero-order valence-electron chi connectivity index (χ0n) is 14.4. The number of sulfonamides is 1. The molecular weight excluding hydrogens is 376 g/mol. The second-order valence-corrected chi connectivity index (χ2v) is 8.72. The molecule has 3 rings (SSSR count). The lowest BCUT2D eigenvalue weighted by Crippen LogP contribution is -2.34. The molecule has 1 aliphatic heterocycles. The van der Waals surface area contributed by atoms with E-state index in [9.17, 15) is 13.2 Å². The van der Waals surface area contributed by atoms with Crippen LogP contribution in [0.4, 0.5) is 0 Å². The summed E-state index contributed by atoms with van der Waals surface area (Å²) < 4.78 is 31.5. The van der Waals surface area contributed by atoms with Gasteiger partial charge in [0.15, 0.2) is 0 Å². The molecule has 2 aromatic carbocycles. The first-order chi connectivity index (χ1) is 12.3. The molecule has 1 amide bonds. The van der Waals surface area contributed by atoms with Crippen LogP contribution < -0.4 is 10.1 Å². The molecule has 2 aromatic rings. The van der Waals surface area contributed by atoms with Gasteiger partial charge in [0.1, 0.15) is 16.7 Å². The lowest BCUT2D eigenvalue weighted by molar-refractivity contribution is 0.0933. The molecule has 0 aromatic heterocycles. The van der Waals surface area contributed by atoms with Crippen LogP contribution in [0, 0.1) is 0 Å². The summed E-state index contributed by atoms with van der Waals surface area (Å²) in [5, 5.41) is 2.86. The number of amides is 1. The second kappa shape index (κ2) is 7.26. The summed E-state index contributed by atoms with van der Waals surface area (Å²) in [5.74, 6) is 0.453. The topological polar surface area (TPSA) is 75.7 Å². The van der Waals surface area contributed by atoms with E-state index in [-0.39, 0.29) is 27.5 Å². The van der Waals surface area contributed by atoms with Crippen LogP contribution in [0.2, 0.25) is 5.02 Å². The molecule has 1 aliphatic rings. The normalized spacial score (nSPS) is 16.2. The third kappa shape index (κ3) is 3.70. The maximum atomic E-state index is 12.4. The van der Waals surface area contributed by atoms with Gasteiger partial charge in [-0.3, -0.25) is 4.79 Å². The average Bonchev–Trinajstić information content (AvgIpc) is 3.02. The molecule has 1 heterocycles. The number of nitrogens with zero attached hydrogens (tertiary/aromatic N) is 1. The molecule has 138 valence electrons. The van der Waals surface area contributed by atoms with Gasteiger partial charge >= 0.3 is 0 Å². The fourth-order valence-electron chi connectivity index (χ4n) is 2.72. The first-order valence-electron chi connectivity index (χ1n) is 8.04. The van der Waals surface area contributed by atoms with E-state index in [2.05, 4.69) is 5.32 Å². The molecule has 26 heavy (non-hydrogen) atoms. The van der Waals surface area contributed by atoms with Gasteiger partial charge in [-0.15, -0.1) is 0 Å². The Morgan fingerprint density at radius 3 is 2.69 bits per heavy atom. The number of carbonyl (C=O) groups is 1. The van der Waals surface area contributed by atoms with Crippen LogP contribution in [-0.4, -0.2) is 45.4 Å². The van der Waals surface area contributed by atoms with Crippen molar-refractivity contribution in [2.24, 2.45) is 0 Å². The predicted octanol–water partition coefficient (Wildman–Crippen LogP) is 2.32. The molecule has 0 fully saturated rings. The molecule has 6 nitrogen and oxygen atoms in total. The highest BCUT2D eigenvalue weighted by Gasteiger charge is 2.25. The van der Waals surface area contributed by atoms with Gasteiger partial charge in [0.25, 0.3) is 5.91 Å². The van der Waals surface area contributed by atoms with Gasteiger partial charge in [0.05, 0.1) is 11.6 Å². The van der Waals surface area contributed by atoms with Crippen molar-refractivity contribution in [2.75, 3.05) is 20.6 Å². The first kappa shape index (κ1) is 18.7. The smallest absolute Gasteiger partial charge is 0.251 e. The highest BCUT2D eigenvalue weighted by Crippen LogP contribution is 2.28. The van der Waals surface area contributed by atoms with E-state index in [0.717, 1.165) is 22.0 Å². The van der Waals surface area contributed by atoms with E-state index in [1.54, 1.807) is 0 Å². The molecular formula is C18H19ClN2O4S. The zero-order valence-corrected chi connectivity index (χ0v) is 16.0. The number of halogens is 1. The number of para-hydroxylation sites is 1. The Hall–Kier alpha value is -2.09. The molecule has 0 saturated carbocycles. The monoisotopic (exact) mass is 394 g/mol. The molecule has 0 saturated heterocycles. The quantitative estimate of drug-likeness (QED) is 0.844. The number of hydrogen-bond donors (Lipinski definition) is 1. The minimum absolute atomic E-state index is 0.0739.